The zero-order valence-electron chi connectivity index (χ0n) is 11.1. The minimum atomic E-state index is 0.823. The zero-order valence-corrected chi connectivity index (χ0v) is 11.1. The van der Waals surface area contributed by atoms with Crippen LogP contribution in [0.4, 0.5) is 5.69 Å². The SMILES string of the molecule is COc1ccccc1/C=C/N=Nc1ccc(C)cc1. The number of para-hydroxylation sites is 1. The van der Waals surface area contributed by atoms with E-state index in [1.807, 2.05) is 61.5 Å². The average molecular weight is 252 g/mol. The quantitative estimate of drug-likeness (QED) is 0.722. The van der Waals surface area contributed by atoms with Gasteiger partial charge in [-0.1, -0.05) is 35.9 Å². The van der Waals surface area contributed by atoms with Gasteiger partial charge in [0, 0.05) is 5.56 Å². The Bertz CT molecular complexity index is 586. The van der Waals surface area contributed by atoms with Gasteiger partial charge >= 0.3 is 0 Å². The summed E-state index contributed by atoms with van der Waals surface area (Å²) in [5, 5.41) is 8.15. The highest BCUT2D eigenvalue weighted by Crippen LogP contribution is 2.19. The third-order valence-corrected chi connectivity index (χ3v) is 2.67. The van der Waals surface area contributed by atoms with Gasteiger partial charge in [0.1, 0.15) is 5.75 Å². The van der Waals surface area contributed by atoms with E-state index in [0.29, 0.717) is 0 Å². The van der Waals surface area contributed by atoms with E-state index >= 15 is 0 Å². The van der Waals surface area contributed by atoms with Crippen LogP contribution in [0.15, 0.2) is 65.0 Å². The van der Waals surface area contributed by atoms with Crippen LogP contribution >= 0.6 is 0 Å². The first-order chi connectivity index (χ1) is 9.29. The lowest BCUT2D eigenvalue weighted by atomic mass is 10.2. The summed E-state index contributed by atoms with van der Waals surface area (Å²) in [6, 6.07) is 15.7. The molecule has 2 aromatic rings. The first-order valence-corrected chi connectivity index (χ1v) is 6.06. The van der Waals surface area contributed by atoms with Crippen LogP contribution < -0.4 is 4.74 Å². The molecular weight excluding hydrogens is 236 g/mol. The summed E-state index contributed by atoms with van der Waals surface area (Å²) >= 11 is 0. The fourth-order valence-electron chi connectivity index (χ4n) is 1.63. The molecule has 0 aliphatic rings. The summed E-state index contributed by atoms with van der Waals surface area (Å²) in [6.07, 6.45) is 3.54. The summed E-state index contributed by atoms with van der Waals surface area (Å²) in [7, 11) is 1.65. The molecule has 0 bridgehead atoms. The molecule has 2 aromatic carbocycles. The Morgan fingerprint density at radius 2 is 1.74 bits per heavy atom. The highest BCUT2D eigenvalue weighted by molar-refractivity contribution is 5.56. The van der Waals surface area contributed by atoms with Gasteiger partial charge in [0.2, 0.25) is 0 Å². The maximum Gasteiger partial charge on any atom is 0.126 e. The molecule has 0 unspecified atom stereocenters. The molecule has 19 heavy (non-hydrogen) atoms. The molecule has 0 N–H and O–H groups in total. The van der Waals surface area contributed by atoms with Crippen LogP contribution in [0.5, 0.6) is 5.75 Å². The molecule has 0 spiro atoms. The Morgan fingerprint density at radius 3 is 2.47 bits per heavy atom. The van der Waals surface area contributed by atoms with Gasteiger partial charge in [-0.15, -0.1) is 0 Å². The largest absolute Gasteiger partial charge is 0.496 e. The van der Waals surface area contributed by atoms with E-state index in [4.69, 9.17) is 4.74 Å². The number of azo groups is 1. The highest BCUT2D eigenvalue weighted by Gasteiger charge is 1.95. The van der Waals surface area contributed by atoms with E-state index in [2.05, 4.69) is 10.2 Å². The predicted molar refractivity (Wildman–Crippen MR) is 77.7 cm³/mol. The van der Waals surface area contributed by atoms with E-state index in [1.54, 1.807) is 13.3 Å². The van der Waals surface area contributed by atoms with E-state index in [1.165, 1.54) is 5.56 Å². The molecule has 0 aromatic heterocycles. The van der Waals surface area contributed by atoms with Crippen molar-refractivity contribution in [3.05, 3.63) is 65.9 Å². The average Bonchev–Trinajstić information content (AvgIpc) is 2.46. The van der Waals surface area contributed by atoms with Crippen LogP contribution in [0.2, 0.25) is 0 Å². The maximum absolute atomic E-state index is 5.25. The molecule has 96 valence electrons. The first-order valence-electron chi connectivity index (χ1n) is 6.06. The molecule has 0 saturated heterocycles. The Balaban J connectivity index is 2.05. The van der Waals surface area contributed by atoms with Crippen molar-refractivity contribution >= 4 is 11.8 Å². The van der Waals surface area contributed by atoms with Crippen molar-refractivity contribution in [3.8, 4) is 5.75 Å². The lowest BCUT2D eigenvalue weighted by Gasteiger charge is -2.02. The summed E-state index contributed by atoms with van der Waals surface area (Å²) in [5.41, 5.74) is 3.03. The molecule has 3 heteroatoms. The van der Waals surface area contributed by atoms with Crippen LogP contribution in [0.3, 0.4) is 0 Å². The van der Waals surface area contributed by atoms with Gasteiger partial charge in [-0.25, -0.2) is 0 Å². The van der Waals surface area contributed by atoms with Crippen molar-refractivity contribution in [2.75, 3.05) is 7.11 Å². The molecule has 0 atom stereocenters. The standard InChI is InChI=1S/C16H16N2O/c1-13-7-9-15(10-8-13)18-17-12-11-14-5-3-4-6-16(14)19-2/h3-12H,1-2H3/b12-11+,18-17?. The Hall–Kier alpha value is -2.42. The summed E-state index contributed by atoms with van der Waals surface area (Å²) in [4.78, 5) is 0. The maximum atomic E-state index is 5.25. The molecule has 3 nitrogen and oxygen atoms in total. The molecule has 0 amide bonds. The normalized spacial score (nSPS) is 11.3. The van der Waals surface area contributed by atoms with E-state index in [9.17, 15) is 0 Å². The lowest BCUT2D eigenvalue weighted by Crippen LogP contribution is -1.84. The number of methoxy groups -OCH3 is 1. The number of aryl methyl sites for hydroxylation is 1. The fraction of sp³-hybridized carbons (Fsp3) is 0.125. The number of hydrogen-bond donors (Lipinski definition) is 0. The first kappa shape index (κ1) is 13.0. The van der Waals surface area contributed by atoms with Gasteiger partial charge in [0.25, 0.3) is 0 Å². The molecule has 0 aliphatic carbocycles. The minimum absolute atomic E-state index is 0.823. The third kappa shape index (κ3) is 3.78. The number of ether oxygens (including phenoxy) is 1. The molecule has 2 rings (SSSR count). The summed E-state index contributed by atoms with van der Waals surface area (Å²) in [5.74, 6) is 0.823. The lowest BCUT2D eigenvalue weighted by molar-refractivity contribution is 0.414. The third-order valence-electron chi connectivity index (χ3n) is 2.67. The number of rotatable bonds is 4. The molecule has 0 aliphatic heterocycles. The van der Waals surface area contributed by atoms with Crippen molar-refractivity contribution in [2.45, 2.75) is 6.92 Å². The monoisotopic (exact) mass is 252 g/mol. The van der Waals surface area contributed by atoms with Gasteiger partial charge in [-0.2, -0.15) is 10.2 Å². The van der Waals surface area contributed by atoms with Crippen molar-refractivity contribution in [1.82, 2.24) is 0 Å². The van der Waals surface area contributed by atoms with Gasteiger partial charge in [0.05, 0.1) is 19.0 Å². The van der Waals surface area contributed by atoms with Crippen LogP contribution in [0.1, 0.15) is 11.1 Å². The van der Waals surface area contributed by atoms with E-state index < -0.39 is 0 Å². The summed E-state index contributed by atoms with van der Waals surface area (Å²) in [6.45, 7) is 2.04. The second kappa shape index (κ2) is 6.50. The number of nitrogens with zero attached hydrogens (tertiary/aromatic N) is 2. The Kier molecular flexibility index (Phi) is 4.45. The van der Waals surface area contributed by atoms with E-state index in [0.717, 1.165) is 17.0 Å². The van der Waals surface area contributed by atoms with Gasteiger partial charge < -0.3 is 4.74 Å². The van der Waals surface area contributed by atoms with Gasteiger partial charge in [-0.3, -0.25) is 0 Å². The Labute approximate surface area is 113 Å². The summed E-state index contributed by atoms with van der Waals surface area (Å²) < 4.78 is 5.25. The fourth-order valence-corrected chi connectivity index (χ4v) is 1.63. The zero-order chi connectivity index (χ0) is 13.5. The highest BCUT2D eigenvalue weighted by atomic mass is 16.5. The van der Waals surface area contributed by atoms with Gasteiger partial charge in [-0.05, 0) is 31.2 Å². The molecule has 0 radical (unpaired) electrons. The van der Waals surface area contributed by atoms with Crippen LogP contribution in [0, 0.1) is 6.92 Å². The molecular formula is C16H16N2O. The second-order valence-electron chi connectivity index (χ2n) is 4.11. The van der Waals surface area contributed by atoms with Crippen molar-refractivity contribution in [2.24, 2.45) is 10.2 Å². The van der Waals surface area contributed by atoms with Crippen LogP contribution in [-0.2, 0) is 0 Å². The van der Waals surface area contributed by atoms with Crippen LogP contribution in [-0.4, -0.2) is 7.11 Å². The second-order valence-corrected chi connectivity index (χ2v) is 4.11. The molecule has 0 fully saturated rings. The number of hydrogen-bond acceptors (Lipinski definition) is 3. The van der Waals surface area contributed by atoms with Gasteiger partial charge in [0.15, 0.2) is 0 Å². The Morgan fingerprint density at radius 1 is 1.00 bits per heavy atom. The number of benzene rings is 2. The van der Waals surface area contributed by atoms with E-state index in [-0.39, 0.29) is 0 Å². The van der Waals surface area contributed by atoms with Crippen molar-refractivity contribution < 1.29 is 4.74 Å². The predicted octanol–water partition coefficient (Wildman–Crippen LogP) is 4.76. The minimum Gasteiger partial charge on any atom is -0.496 e. The van der Waals surface area contributed by atoms with Crippen molar-refractivity contribution in [1.29, 1.82) is 0 Å². The van der Waals surface area contributed by atoms with Crippen LogP contribution in [0.25, 0.3) is 6.08 Å². The smallest absolute Gasteiger partial charge is 0.126 e. The molecule has 0 heterocycles. The topological polar surface area (TPSA) is 34.0 Å². The van der Waals surface area contributed by atoms with Crippen molar-refractivity contribution in [3.63, 3.8) is 0 Å². The molecule has 0 saturated carbocycles.